The fourth-order valence-electron chi connectivity index (χ4n) is 6.87. The molecule has 0 bridgehead atoms. The van der Waals surface area contributed by atoms with Crippen molar-refractivity contribution in [2.75, 3.05) is 0 Å². The number of fused-ring (bicyclic) bond motifs is 5. The van der Waals surface area contributed by atoms with Crippen LogP contribution >= 0.6 is 0 Å². The van der Waals surface area contributed by atoms with Crippen molar-refractivity contribution in [3.63, 3.8) is 0 Å². The molecule has 0 aromatic heterocycles. The average Bonchev–Trinajstić information content (AvgIpc) is 2.84. The molecular formula is C21H32O. The van der Waals surface area contributed by atoms with Gasteiger partial charge in [0.2, 0.25) is 0 Å². The summed E-state index contributed by atoms with van der Waals surface area (Å²) in [6, 6.07) is 0. The van der Waals surface area contributed by atoms with Crippen molar-refractivity contribution in [2.45, 2.75) is 78.2 Å². The topological polar surface area (TPSA) is 20.2 Å². The highest BCUT2D eigenvalue weighted by atomic mass is 16.3. The van der Waals surface area contributed by atoms with Crippen molar-refractivity contribution in [2.24, 2.45) is 28.6 Å². The van der Waals surface area contributed by atoms with E-state index >= 15 is 0 Å². The number of aliphatic hydroxyl groups excluding tert-OH is 1. The minimum absolute atomic E-state index is 0.146. The van der Waals surface area contributed by atoms with Gasteiger partial charge in [0.05, 0.1) is 6.10 Å². The zero-order valence-corrected chi connectivity index (χ0v) is 14.6. The Balaban J connectivity index is 1.72. The van der Waals surface area contributed by atoms with E-state index in [2.05, 4.69) is 26.0 Å². The quantitative estimate of drug-likeness (QED) is 0.700. The summed E-state index contributed by atoms with van der Waals surface area (Å²) in [6.45, 7) is 7.04. The van der Waals surface area contributed by atoms with E-state index in [1.807, 2.05) is 6.92 Å². The molecule has 0 amide bonds. The summed E-state index contributed by atoms with van der Waals surface area (Å²) in [6.07, 6.45) is 15.6. The van der Waals surface area contributed by atoms with Crippen molar-refractivity contribution in [3.8, 4) is 0 Å². The van der Waals surface area contributed by atoms with E-state index in [1.54, 1.807) is 11.1 Å². The molecule has 2 unspecified atom stereocenters. The lowest BCUT2D eigenvalue weighted by molar-refractivity contribution is 0.00970. The molecule has 0 aromatic rings. The largest absolute Gasteiger partial charge is 0.393 e. The monoisotopic (exact) mass is 300 g/mol. The lowest BCUT2D eigenvalue weighted by atomic mass is 9.50. The molecule has 4 aliphatic carbocycles. The van der Waals surface area contributed by atoms with E-state index in [-0.39, 0.29) is 6.10 Å². The van der Waals surface area contributed by atoms with Gasteiger partial charge in [-0.1, -0.05) is 43.6 Å². The second kappa shape index (κ2) is 4.97. The molecule has 3 saturated carbocycles. The summed E-state index contributed by atoms with van der Waals surface area (Å²) < 4.78 is 0. The van der Waals surface area contributed by atoms with Crippen molar-refractivity contribution in [1.82, 2.24) is 0 Å². The molecule has 0 radical (unpaired) electrons. The highest BCUT2D eigenvalue weighted by Gasteiger charge is 2.56. The smallest absolute Gasteiger partial charge is 0.0545 e. The van der Waals surface area contributed by atoms with E-state index < -0.39 is 0 Å². The third kappa shape index (κ3) is 1.87. The Kier molecular flexibility index (Phi) is 3.39. The molecule has 0 aliphatic heterocycles. The number of allylic oxidation sites excluding steroid dienone is 4. The fourth-order valence-corrected chi connectivity index (χ4v) is 6.87. The average molecular weight is 300 g/mol. The first-order valence-electron chi connectivity index (χ1n) is 9.56. The van der Waals surface area contributed by atoms with Crippen LogP contribution in [0.3, 0.4) is 0 Å². The maximum Gasteiger partial charge on any atom is 0.0545 e. The third-order valence-electron chi connectivity index (χ3n) is 8.14. The van der Waals surface area contributed by atoms with Gasteiger partial charge < -0.3 is 5.11 Å². The highest BCUT2D eigenvalue weighted by Crippen LogP contribution is 2.65. The summed E-state index contributed by atoms with van der Waals surface area (Å²) in [5.41, 5.74) is 4.28. The normalized spacial score (nSPS) is 48.6. The molecular weight excluding hydrogens is 268 g/mol. The zero-order valence-electron chi connectivity index (χ0n) is 14.6. The van der Waals surface area contributed by atoms with Gasteiger partial charge >= 0.3 is 0 Å². The van der Waals surface area contributed by atoms with Crippen LogP contribution in [0, 0.1) is 28.6 Å². The van der Waals surface area contributed by atoms with Gasteiger partial charge in [-0.25, -0.2) is 0 Å². The Morgan fingerprint density at radius 3 is 2.64 bits per heavy atom. The van der Waals surface area contributed by atoms with Crippen molar-refractivity contribution in [3.05, 3.63) is 23.3 Å². The van der Waals surface area contributed by atoms with Crippen LogP contribution in [-0.4, -0.2) is 11.2 Å². The summed E-state index contributed by atoms with van der Waals surface area (Å²) in [5.74, 6) is 2.02. The van der Waals surface area contributed by atoms with E-state index in [0.29, 0.717) is 16.7 Å². The molecule has 0 heterocycles. The molecule has 122 valence electrons. The van der Waals surface area contributed by atoms with Gasteiger partial charge in [-0.05, 0) is 80.5 Å². The molecule has 4 rings (SSSR count). The summed E-state index contributed by atoms with van der Waals surface area (Å²) >= 11 is 0. The second-order valence-electron chi connectivity index (χ2n) is 9.06. The van der Waals surface area contributed by atoms with E-state index in [4.69, 9.17) is 0 Å². The number of aliphatic hydroxyl groups is 1. The Labute approximate surface area is 135 Å². The zero-order chi connectivity index (χ0) is 15.5. The van der Waals surface area contributed by atoms with Crippen LogP contribution < -0.4 is 0 Å². The van der Waals surface area contributed by atoms with Gasteiger partial charge in [-0.2, -0.15) is 0 Å². The van der Waals surface area contributed by atoms with Crippen LogP contribution in [-0.2, 0) is 0 Å². The van der Waals surface area contributed by atoms with Gasteiger partial charge in [0.15, 0.2) is 0 Å². The maximum absolute atomic E-state index is 10.3. The van der Waals surface area contributed by atoms with Gasteiger partial charge in [0.25, 0.3) is 0 Å². The Morgan fingerprint density at radius 1 is 1.05 bits per heavy atom. The van der Waals surface area contributed by atoms with Gasteiger partial charge in [-0.15, -0.1) is 0 Å². The highest BCUT2D eigenvalue weighted by molar-refractivity contribution is 5.38. The van der Waals surface area contributed by atoms with Crippen LogP contribution in [0.4, 0.5) is 0 Å². The van der Waals surface area contributed by atoms with Crippen LogP contribution in [0.1, 0.15) is 72.1 Å². The van der Waals surface area contributed by atoms with Gasteiger partial charge in [-0.3, -0.25) is 0 Å². The molecule has 1 N–H and O–H groups in total. The van der Waals surface area contributed by atoms with Crippen LogP contribution in [0.5, 0.6) is 0 Å². The van der Waals surface area contributed by atoms with E-state index in [9.17, 15) is 5.11 Å². The SMILES string of the molecule is C[C@H](O)[C@H]1CCC2C3=CC=C4CCCC[C@]4(C)C3CC[C@@]21C. The van der Waals surface area contributed by atoms with Crippen LogP contribution in [0.2, 0.25) is 0 Å². The predicted octanol–water partition coefficient (Wildman–Crippen LogP) is 5.26. The van der Waals surface area contributed by atoms with E-state index in [0.717, 1.165) is 11.8 Å². The van der Waals surface area contributed by atoms with Crippen LogP contribution in [0.15, 0.2) is 23.3 Å². The lowest BCUT2D eigenvalue weighted by Crippen LogP contribution is -2.46. The fraction of sp³-hybridized carbons (Fsp3) is 0.810. The summed E-state index contributed by atoms with van der Waals surface area (Å²) in [5, 5.41) is 10.3. The van der Waals surface area contributed by atoms with Crippen molar-refractivity contribution in [1.29, 1.82) is 0 Å². The first kappa shape index (κ1) is 15.0. The molecule has 1 heteroatoms. The molecule has 0 aromatic carbocycles. The minimum Gasteiger partial charge on any atom is -0.393 e. The van der Waals surface area contributed by atoms with Gasteiger partial charge in [0.1, 0.15) is 0 Å². The standard InChI is InChI=1S/C21H32O/c1-14(22)17-9-10-18-16-8-7-15-6-4-5-12-20(15,2)19(16)11-13-21(17,18)3/h7-8,14,17-19,22H,4-6,9-13H2,1-3H3/t14-,17+,18?,19?,20-,21+/m0/s1. The third-order valence-corrected chi connectivity index (χ3v) is 8.14. The molecule has 0 saturated heterocycles. The molecule has 1 nitrogen and oxygen atoms in total. The first-order valence-corrected chi connectivity index (χ1v) is 9.56. The summed E-state index contributed by atoms with van der Waals surface area (Å²) in [4.78, 5) is 0. The number of hydrogen-bond acceptors (Lipinski definition) is 1. The Bertz CT molecular complexity index is 528. The van der Waals surface area contributed by atoms with Crippen molar-refractivity contribution >= 4 is 0 Å². The predicted molar refractivity (Wildman–Crippen MR) is 91.5 cm³/mol. The second-order valence-corrected chi connectivity index (χ2v) is 9.06. The maximum atomic E-state index is 10.3. The lowest BCUT2D eigenvalue weighted by Gasteiger charge is -2.54. The Hall–Kier alpha value is -0.560. The van der Waals surface area contributed by atoms with E-state index in [1.165, 1.54) is 51.4 Å². The number of rotatable bonds is 1. The minimum atomic E-state index is -0.146. The molecule has 4 aliphatic rings. The molecule has 3 fully saturated rings. The summed E-state index contributed by atoms with van der Waals surface area (Å²) in [7, 11) is 0. The molecule has 6 atom stereocenters. The molecule has 22 heavy (non-hydrogen) atoms. The first-order chi connectivity index (χ1) is 10.5. The number of hydrogen-bond donors (Lipinski definition) is 1. The Morgan fingerprint density at radius 2 is 1.86 bits per heavy atom. The molecule has 0 spiro atoms. The van der Waals surface area contributed by atoms with Gasteiger partial charge in [0, 0.05) is 0 Å². The van der Waals surface area contributed by atoms with Crippen LogP contribution in [0.25, 0.3) is 0 Å². The van der Waals surface area contributed by atoms with Crippen molar-refractivity contribution < 1.29 is 5.11 Å².